The molecule has 1 aromatic carbocycles. The summed E-state index contributed by atoms with van der Waals surface area (Å²) in [5, 5.41) is 12.8. The van der Waals surface area contributed by atoms with Crippen LogP contribution in [0.15, 0.2) is 30.3 Å². The number of benzene rings is 1. The molecule has 1 fully saturated rings. The van der Waals surface area contributed by atoms with Gasteiger partial charge in [0.15, 0.2) is 0 Å². The smallest absolute Gasteiger partial charge is 0.117 e. The van der Waals surface area contributed by atoms with Crippen molar-refractivity contribution in [2.24, 2.45) is 0 Å². The molecule has 2 heterocycles. The monoisotopic (exact) mass is 300 g/mol. The Labute approximate surface area is 131 Å². The van der Waals surface area contributed by atoms with Crippen molar-refractivity contribution in [3.05, 3.63) is 36.0 Å². The quantitative estimate of drug-likeness (QED) is 0.854. The lowest BCUT2D eigenvalue weighted by Gasteiger charge is -2.10. The average Bonchev–Trinajstić information content (AvgIpc) is 3.19. The number of aryl methyl sites for hydroxylation is 1. The van der Waals surface area contributed by atoms with Gasteiger partial charge in [-0.2, -0.15) is 15.0 Å². The summed E-state index contributed by atoms with van der Waals surface area (Å²) in [6.45, 7) is 5.50. The lowest BCUT2D eigenvalue weighted by atomic mass is 10.1. The Morgan fingerprint density at radius 3 is 2.86 bits per heavy atom. The van der Waals surface area contributed by atoms with E-state index in [0.29, 0.717) is 6.10 Å². The van der Waals surface area contributed by atoms with E-state index in [0.717, 1.165) is 56.0 Å². The van der Waals surface area contributed by atoms with Gasteiger partial charge >= 0.3 is 0 Å². The Hall–Kier alpha value is -1.72. The van der Waals surface area contributed by atoms with Crippen molar-refractivity contribution < 1.29 is 4.74 Å². The van der Waals surface area contributed by atoms with Crippen LogP contribution in [0, 0.1) is 0 Å². The second kappa shape index (κ2) is 7.51. The van der Waals surface area contributed by atoms with Crippen molar-refractivity contribution in [1.82, 2.24) is 20.3 Å². The van der Waals surface area contributed by atoms with Crippen LogP contribution < -0.4 is 5.32 Å². The topological polar surface area (TPSA) is 52.0 Å². The van der Waals surface area contributed by atoms with Gasteiger partial charge in [-0.1, -0.05) is 37.3 Å². The fourth-order valence-electron chi connectivity index (χ4n) is 2.78. The van der Waals surface area contributed by atoms with E-state index in [1.165, 1.54) is 6.42 Å². The van der Waals surface area contributed by atoms with Gasteiger partial charge in [0.1, 0.15) is 11.4 Å². The van der Waals surface area contributed by atoms with Crippen LogP contribution in [0.4, 0.5) is 0 Å². The van der Waals surface area contributed by atoms with E-state index in [2.05, 4.69) is 34.6 Å². The third kappa shape index (κ3) is 3.72. The molecule has 1 aliphatic heterocycles. The molecule has 0 radical (unpaired) electrons. The SMILES string of the molecule is CCCn1nc(CNC[C@@H]2CCCO2)c(-c2ccccc2)n1. The van der Waals surface area contributed by atoms with Crippen molar-refractivity contribution in [3.8, 4) is 11.3 Å². The summed E-state index contributed by atoms with van der Waals surface area (Å²) in [5.41, 5.74) is 3.12. The van der Waals surface area contributed by atoms with Crippen molar-refractivity contribution in [2.75, 3.05) is 13.2 Å². The summed E-state index contributed by atoms with van der Waals surface area (Å²) >= 11 is 0. The number of hydrogen-bond donors (Lipinski definition) is 1. The van der Waals surface area contributed by atoms with Gasteiger partial charge in [0.25, 0.3) is 0 Å². The van der Waals surface area contributed by atoms with Gasteiger partial charge in [0.05, 0.1) is 12.6 Å². The Balaban J connectivity index is 1.70. The molecule has 3 rings (SSSR count). The molecule has 0 aliphatic carbocycles. The number of nitrogens with one attached hydrogen (secondary N) is 1. The molecule has 1 N–H and O–H groups in total. The summed E-state index contributed by atoms with van der Waals surface area (Å²) < 4.78 is 5.65. The predicted molar refractivity (Wildman–Crippen MR) is 86.4 cm³/mol. The Morgan fingerprint density at radius 2 is 2.14 bits per heavy atom. The molecular formula is C17H24N4O. The van der Waals surface area contributed by atoms with Crippen molar-refractivity contribution >= 4 is 0 Å². The van der Waals surface area contributed by atoms with E-state index in [-0.39, 0.29) is 0 Å². The summed E-state index contributed by atoms with van der Waals surface area (Å²) in [6.07, 6.45) is 3.71. The zero-order valence-corrected chi connectivity index (χ0v) is 13.2. The zero-order valence-electron chi connectivity index (χ0n) is 13.2. The normalized spacial score (nSPS) is 18.0. The molecule has 0 spiro atoms. The molecule has 2 aromatic rings. The summed E-state index contributed by atoms with van der Waals surface area (Å²) in [6, 6.07) is 10.3. The van der Waals surface area contributed by atoms with Gasteiger partial charge < -0.3 is 10.1 Å². The maximum atomic E-state index is 5.65. The highest BCUT2D eigenvalue weighted by Gasteiger charge is 2.16. The lowest BCUT2D eigenvalue weighted by molar-refractivity contribution is 0.110. The maximum absolute atomic E-state index is 5.65. The van der Waals surface area contributed by atoms with E-state index >= 15 is 0 Å². The molecule has 1 atom stereocenters. The van der Waals surface area contributed by atoms with Gasteiger partial charge in [-0.3, -0.25) is 0 Å². The molecule has 0 unspecified atom stereocenters. The maximum Gasteiger partial charge on any atom is 0.117 e. The molecule has 0 bridgehead atoms. The molecule has 118 valence electrons. The lowest BCUT2D eigenvalue weighted by Crippen LogP contribution is -2.26. The first kappa shape index (κ1) is 15.2. The van der Waals surface area contributed by atoms with Crippen LogP contribution in [0.3, 0.4) is 0 Å². The number of ether oxygens (including phenoxy) is 1. The van der Waals surface area contributed by atoms with E-state index in [4.69, 9.17) is 4.74 Å². The third-order valence-corrected chi connectivity index (χ3v) is 3.88. The molecular weight excluding hydrogens is 276 g/mol. The van der Waals surface area contributed by atoms with Crippen LogP contribution in [-0.2, 0) is 17.8 Å². The fraction of sp³-hybridized carbons (Fsp3) is 0.529. The first-order valence-corrected chi connectivity index (χ1v) is 8.18. The van der Waals surface area contributed by atoms with Gasteiger partial charge in [0.2, 0.25) is 0 Å². The number of nitrogens with zero attached hydrogens (tertiary/aromatic N) is 3. The minimum absolute atomic E-state index is 0.353. The fourth-order valence-corrected chi connectivity index (χ4v) is 2.78. The molecule has 1 aromatic heterocycles. The third-order valence-electron chi connectivity index (χ3n) is 3.88. The predicted octanol–water partition coefficient (Wildman–Crippen LogP) is 2.62. The molecule has 5 nitrogen and oxygen atoms in total. The minimum Gasteiger partial charge on any atom is -0.377 e. The van der Waals surface area contributed by atoms with Gasteiger partial charge in [-0.05, 0) is 19.3 Å². The standard InChI is InChI=1S/C17H24N4O/c1-2-10-21-19-16(13-18-12-15-9-6-11-22-15)17(20-21)14-7-4-3-5-8-14/h3-5,7-8,15,18H,2,6,9-13H2,1H3/t15-/m0/s1. The molecule has 1 saturated heterocycles. The van der Waals surface area contributed by atoms with Crippen LogP contribution in [0.1, 0.15) is 31.9 Å². The highest BCUT2D eigenvalue weighted by atomic mass is 16.5. The van der Waals surface area contributed by atoms with E-state index in [1.807, 2.05) is 23.0 Å². The van der Waals surface area contributed by atoms with Crippen LogP contribution in [0.25, 0.3) is 11.3 Å². The van der Waals surface area contributed by atoms with Crippen molar-refractivity contribution in [3.63, 3.8) is 0 Å². The molecule has 0 amide bonds. The first-order valence-electron chi connectivity index (χ1n) is 8.18. The Morgan fingerprint density at radius 1 is 1.27 bits per heavy atom. The largest absolute Gasteiger partial charge is 0.377 e. The number of hydrogen-bond acceptors (Lipinski definition) is 4. The molecule has 22 heavy (non-hydrogen) atoms. The van der Waals surface area contributed by atoms with Gasteiger partial charge in [-0.15, -0.1) is 0 Å². The van der Waals surface area contributed by atoms with Crippen LogP contribution in [-0.4, -0.2) is 34.2 Å². The average molecular weight is 300 g/mol. The highest BCUT2D eigenvalue weighted by molar-refractivity contribution is 5.60. The highest BCUT2D eigenvalue weighted by Crippen LogP contribution is 2.20. The van der Waals surface area contributed by atoms with Crippen LogP contribution in [0.2, 0.25) is 0 Å². The zero-order chi connectivity index (χ0) is 15.2. The second-order valence-electron chi connectivity index (χ2n) is 5.72. The van der Waals surface area contributed by atoms with E-state index < -0.39 is 0 Å². The molecule has 0 saturated carbocycles. The summed E-state index contributed by atoms with van der Waals surface area (Å²) in [5.74, 6) is 0. The Kier molecular flexibility index (Phi) is 5.19. The van der Waals surface area contributed by atoms with Crippen LogP contribution >= 0.6 is 0 Å². The first-order chi connectivity index (χ1) is 10.9. The minimum atomic E-state index is 0.353. The Bertz CT molecular complexity index is 576. The molecule has 1 aliphatic rings. The summed E-state index contributed by atoms with van der Waals surface area (Å²) in [7, 11) is 0. The molecule has 5 heteroatoms. The van der Waals surface area contributed by atoms with E-state index in [1.54, 1.807) is 0 Å². The van der Waals surface area contributed by atoms with Gasteiger partial charge in [-0.25, -0.2) is 0 Å². The van der Waals surface area contributed by atoms with Crippen LogP contribution in [0.5, 0.6) is 0 Å². The van der Waals surface area contributed by atoms with Crippen molar-refractivity contribution in [1.29, 1.82) is 0 Å². The second-order valence-corrected chi connectivity index (χ2v) is 5.72. The number of rotatable bonds is 7. The van der Waals surface area contributed by atoms with E-state index in [9.17, 15) is 0 Å². The van der Waals surface area contributed by atoms with Crippen molar-refractivity contribution in [2.45, 2.75) is 45.4 Å². The number of aromatic nitrogens is 3. The van der Waals surface area contributed by atoms with Gasteiger partial charge in [0, 0.05) is 25.3 Å². The summed E-state index contributed by atoms with van der Waals surface area (Å²) in [4.78, 5) is 1.81.